The lowest BCUT2D eigenvalue weighted by atomic mass is 10.3. The minimum absolute atomic E-state index is 0.332. The summed E-state index contributed by atoms with van der Waals surface area (Å²) < 4.78 is 20.4. The second kappa shape index (κ2) is 7.53. The van der Waals surface area contributed by atoms with E-state index >= 15 is 0 Å². The van der Waals surface area contributed by atoms with Gasteiger partial charge in [0.15, 0.2) is 17.0 Å². The number of morpholine rings is 1. The monoisotopic (exact) mass is 371 g/mol. The molecule has 0 radical (unpaired) electrons. The Bertz CT molecular complexity index is 921. The first-order valence-electron chi connectivity index (χ1n) is 8.90. The van der Waals surface area contributed by atoms with E-state index in [0.717, 1.165) is 41.6 Å². The van der Waals surface area contributed by atoms with Crippen LogP contribution in [-0.2, 0) is 24.9 Å². The van der Waals surface area contributed by atoms with Gasteiger partial charge in [0.1, 0.15) is 11.6 Å². The SMILES string of the molecule is CN(Cc1ccc(F)cn1)Cc1nc(N2CCOCC2)c2ncn(C)c2n1. The second-order valence-corrected chi connectivity index (χ2v) is 6.73. The minimum atomic E-state index is -0.332. The number of halogens is 1. The van der Waals surface area contributed by atoms with Crippen molar-refractivity contribution in [2.24, 2.45) is 7.05 Å². The number of fused-ring (bicyclic) bond motifs is 1. The molecule has 4 heterocycles. The summed E-state index contributed by atoms with van der Waals surface area (Å²) in [5, 5.41) is 0. The summed E-state index contributed by atoms with van der Waals surface area (Å²) in [5.41, 5.74) is 2.43. The molecule has 0 amide bonds. The van der Waals surface area contributed by atoms with Gasteiger partial charge in [0.05, 0.1) is 38.0 Å². The van der Waals surface area contributed by atoms with Crippen molar-refractivity contribution in [3.05, 3.63) is 42.0 Å². The Morgan fingerprint density at radius 3 is 2.70 bits per heavy atom. The van der Waals surface area contributed by atoms with Crippen LogP contribution in [0.5, 0.6) is 0 Å². The smallest absolute Gasteiger partial charge is 0.165 e. The van der Waals surface area contributed by atoms with Crippen LogP contribution in [0.1, 0.15) is 11.5 Å². The van der Waals surface area contributed by atoms with Crippen molar-refractivity contribution in [1.29, 1.82) is 0 Å². The number of hydrogen-bond donors (Lipinski definition) is 0. The van der Waals surface area contributed by atoms with Crippen LogP contribution in [0.2, 0.25) is 0 Å². The van der Waals surface area contributed by atoms with Crippen LogP contribution in [-0.4, -0.2) is 62.8 Å². The molecule has 0 aromatic carbocycles. The number of aromatic nitrogens is 5. The van der Waals surface area contributed by atoms with Crippen LogP contribution in [0, 0.1) is 5.82 Å². The molecule has 0 aliphatic carbocycles. The van der Waals surface area contributed by atoms with E-state index in [1.165, 1.54) is 12.3 Å². The molecule has 1 aliphatic heterocycles. The fraction of sp³-hybridized carbons (Fsp3) is 0.444. The zero-order valence-electron chi connectivity index (χ0n) is 15.5. The summed E-state index contributed by atoms with van der Waals surface area (Å²) >= 11 is 0. The Morgan fingerprint density at radius 1 is 1.15 bits per heavy atom. The van der Waals surface area contributed by atoms with Gasteiger partial charge >= 0.3 is 0 Å². The van der Waals surface area contributed by atoms with E-state index in [2.05, 4.69) is 19.8 Å². The highest BCUT2D eigenvalue weighted by molar-refractivity contribution is 5.83. The number of rotatable bonds is 5. The van der Waals surface area contributed by atoms with Gasteiger partial charge in [-0.2, -0.15) is 0 Å². The molecule has 1 aliphatic rings. The summed E-state index contributed by atoms with van der Waals surface area (Å²) in [6, 6.07) is 3.11. The molecule has 3 aromatic rings. The third-order valence-electron chi connectivity index (χ3n) is 4.53. The van der Waals surface area contributed by atoms with Crippen molar-refractivity contribution < 1.29 is 9.13 Å². The van der Waals surface area contributed by atoms with Crippen LogP contribution >= 0.6 is 0 Å². The molecule has 0 unspecified atom stereocenters. The van der Waals surface area contributed by atoms with E-state index in [1.54, 1.807) is 12.4 Å². The predicted octanol–water partition coefficient (Wildman–Crippen LogP) is 1.37. The number of aryl methyl sites for hydroxylation is 1. The highest BCUT2D eigenvalue weighted by atomic mass is 19.1. The quantitative estimate of drug-likeness (QED) is 0.671. The van der Waals surface area contributed by atoms with Crippen LogP contribution < -0.4 is 4.90 Å². The van der Waals surface area contributed by atoms with E-state index in [-0.39, 0.29) is 5.82 Å². The maximum Gasteiger partial charge on any atom is 0.165 e. The van der Waals surface area contributed by atoms with Crippen molar-refractivity contribution in [2.45, 2.75) is 13.1 Å². The molecule has 142 valence electrons. The third kappa shape index (κ3) is 3.88. The van der Waals surface area contributed by atoms with Gasteiger partial charge in [0.25, 0.3) is 0 Å². The van der Waals surface area contributed by atoms with E-state index in [0.29, 0.717) is 26.3 Å². The van der Waals surface area contributed by atoms with Crippen LogP contribution in [0.25, 0.3) is 11.2 Å². The van der Waals surface area contributed by atoms with Crippen molar-refractivity contribution in [2.75, 3.05) is 38.3 Å². The topological polar surface area (TPSA) is 72.2 Å². The third-order valence-corrected chi connectivity index (χ3v) is 4.53. The first kappa shape index (κ1) is 17.7. The molecule has 0 bridgehead atoms. The predicted molar refractivity (Wildman–Crippen MR) is 98.7 cm³/mol. The molecule has 27 heavy (non-hydrogen) atoms. The first-order chi connectivity index (χ1) is 13.1. The molecule has 0 N–H and O–H groups in total. The van der Waals surface area contributed by atoms with Crippen LogP contribution in [0.4, 0.5) is 10.2 Å². The summed E-state index contributed by atoms with van der Waals surface area (Å²) in [4.78, 5) is 22.3. The normalized spacial score (nSPS) is 15.0. The van der Waals surface area contributed by atoms with Gasteiger partial charge in [-0.15, -0.1) is 0 Å². The Kier molecular flexibility index (Phi) is 4.95. The molecule has 0 spiro atoms. The average Bonchev–Trinajstić information content (AvgIpc) is 3.05. The van der Waals surface area contributed by atoms with Gasteiger partial charge in [-0.3, -0.25) is 9.88 Å². The zero-order valence-corrected chi connectivity index (χ0v) is 15.5. The highest BCUT2D eigenvalue weighted by Gasteiger charge is 2.20. The summed E-state index contributed by atoms with van der Waals surface area (Å²) in [7, 11) is 3.90. The number of nitrogens with zero attached hydrogens (tertiary/aromatic N) is 7. The van der Waals surface area contributed by atoms with E-state index < -0.39 is 0 Å². The minimum Gasteiger partial charge on any atom is -0.378 e. The largest absolute Gasteiger partial charge is 0.378 e. The van der Waals surface area contributed by atoms with E-state index in [4.69, 9.17) is 14.7 Å². The molecular formula is C18H22FN7O. The number of pyridine rings is 1. The Hall–Kier alpha value is -2.65. The van der Waals surface area contributed by atoms with Gasteiger partial charge in [0.2, 0.25) is 0 Å². The summed E-state index contributed by atoms with van der Waals surface area (Å²) in [6.45, 7) is 4.08. The molecule has 4 rings (SSSR count). The Balaban J connectivity index is 1.59. The summed E-state index contributed by atoms with van der Waals surface area (Å²) in [5.74, 6) is 1.24. The van der Waals surface area contributed by atoms with Gasteiger partial charge in [-0.1, -0.05) is 0 Å². The lowest BCUT2D eigenvalue weighted by molar-refractivity contribution is 0.122. The molecular weight excluding hydrogens is 349 g/mol. The van der Waals surface area contributed by atoms with Crippen molar-refractivity contribution in [3.63, 3.8) is 0 Å². The molecule has 3 aromatic heterocycles. The standard InChI is InChI=1S/C18H22FN7O/c1-24(10-14-4-3-13(19)9-20-14)11-15-22-17-16(21-12-25(17)2)18(23-15)26-5-7-27-8-6-26/h3-4,9,12H,5-8,10-11H2,1-2H3. The number of ether oxygens (including phenoxy) is 1. The number of anilines is 1. The van der Waals surface area contributed by atoms with E-state index in [1.807, 2.05) is 18.7 Å². The fourth-order valence-electron chi connectivity index (χ4n) is 3.18. The molecule has 0 saturated carbocycles. The van der Waals surface area contributed by atoms with Gasteiger partial charge in [-0.05, 0) is 19.2 Å². The number of hydrogen-bond acceptors (Lipinski definition) is 7. The lowest BCUT2D eigenvalue weighted by Crippen LogP contribution is -2.37. The molecule has 1 saturated heterocycles. The van der Waals surface area contributed by atoms with Gasteiger partial charge in [0, 0.05) is 26.7 Å². The number of imidazole rings is 1. The highest BCUT2D eigenvalue weighted by Crippen LogP contribution is 2.23. The van der Waals surface area contributed by atoms with Crippen molar-refractivity contribution in [1.82, 2.24) is 29.4 Å². The van der Waals surface area contributed by atoms with Crippen molar-refractivity contribution >= 4 is 17.0 Å². The molecule has 9 heteroatoms. The van der Waals surface area contributed by atoms with Crippen LogP contribution in [0.15, 0.2) is 24.7 Å². The van der Waals surface area contributed by atoms with Crippen LogP contribution in [0.3, 0.4) is 0 Å². The Morgan fingerprint density at radius 2 is 1.96 bits per heavy atom. The molecule has 1 fully saturated rings. The second-order valence-electron chi connectivity index (χ2n) is 6.73. The lowest BCUT2D eigenvalue weighted by Gasteiger charge is -2.28. The van der Waals surface area contributed by atoms with Gasteiger partial charge < -0.3 is 14.2 Å². The molecule has 8 nitrogen and oxygen atoms in total. The molecule has 0 atom stereocenters. The van der Waals surface area contributed by atoms with Crippen molar-refractivity contribution in [3.8, 4) is 0 Å². The maximum atomic E-state index is 13.0. The maximum absolute atomic E-state index is 13.0. The fourth-order valence-corrected chi connectivity index (χ4v) is 3.18. The first-order valence-corrected chi connectivity index (χ1v) is 8.90. The zero-order chi connectivity index (χ0) is 18.8. The summed E-state index contributed by atoms with van der Waals surface area (Å²) in [6.07, 6.45) is 3.00. The van der Waals surface area contributed by atoms with E-state index in [9.17, 15) is 4.39 Å². The Labute approximate surface area is 156 Å². The van der Waals surface area contributed by atoms with Gasteiger partial charge in [-0.25, -0.2) is 19.3 Å². The average molecular weight is 371 g/mol.